The Bertz CT molecular complexity index is 969. The van der Waals surface area contributed by atoms with Gasteiger partial charge >= 0.3 is 5.97 Å². The molecule has 0 bridgehead atoms. The van der Waals surface area contributed by atoms with Gasteiger partial charge in [-0.2, -0.15) is 0 Å². The lowest BCUT2D eigenvalue weighted by atomic mass is 10.0. The molecule has 0 unspecified atom stereocenters. The Kier molecular flexibility index (Phi) is 5.18. The number of thiophene rings is 1. The quantitative estimate of drug-likeness (QED) is 0.652. The molecule has 0 spiro atoms. The molecule has 4 nitrogen and oxygen atoms in total. The summed E-state index contributed by atoms with van der Waals surface area (Å²) in [5.41, 5.74) is 2.82. The topological polar surface area (TPSA) is 59.4 Å². The van der Waals surface area contributed by atoms with Crippen molar-refractivity contribution in [2.24, 2.45) is 0 Å². The molecular formula is C19H17F2NO3S. The van der Waals surface area contributed by atoms with E-state index in [-0.39, 0.29) is 18.6 Å². The number of hydrogen-bond acceptors (Lipinski definition) is 4. The fourth-order valence-electron chi connectivity index (χ4n) is 2.82. The van der Waals surface area contributed by atoms with Crippen molar-refractivity contribution in [2.45, 2.75) is 33.3 Å². The van der Waals surface area contributed by atoms with Crippen molar-refractivity contribution in [3.05, 3.63) is 57.7 Å². The molecule has 26 heavy (non-hydrogen) atoms. The van der Waals surface area contributed by atoms with Crippen molar-refractivity contribution < 1.29 is 23.4 Å². The first kappa shape index (κ1) is 18.3. The zero-order valence-electron chi connectivity index (χ0n) is 14.3. The third kappa shape index (κ3) is 3.83. The second-order valence-corrected chi connectivity index (χ2v) is 6.91. The zero-order chi connectivity index (χ0) is 18.8. The van der Waals surface area contributed by atoms with Crippen LogP contribution in [0.3, 0.4) is 0 Å². The number of aliphatic carboxylic acids is 1. The molecule has 0 fully saturated rings. The van der Waals surface area contributed by atoms with Gasteiger partial charge in [-0.05, 0) is 43.0 Å². The Morgan fingerprint density at radius 2 is 2.04 bits per heavy atom. The summed E-state index contributed by atoms with van der Waals surface area (Å²) in [5, 5.41) is 10.9. The number of carboxylic acids is 1. The maximum atomic E-state index is 13.5. The Labute approximate surface area is 153 Å². The maximum Gasteiger partial charge on any atom is 0.307 e. The van der Waals surface area contributed by atoms with Gasteiger partial charge in [-0.25, -0.2) is 8.78 Å². The van der Waals surface area contributed by atoms with Crippen molar-refractivity contribution in [3.8, 4) is 5.75 Å². The summed E-state index contributed by atoms with van der Waals surface area (Å²) >= 11 is 1.24. The van der Waals surface area contributed by atoms with Crippen molar-refractivity contribution in [2.75, 3.05) is 0 Å². The average Bonchev–Trinajstić information content (AvgIpc) is 2.95. The summed E-state index contributed by atoms with van der Waals surface area (Å²) in [6.07, 6.45) is -3.00. The predicted octanol–water partition coefficient (Wildman–Crippen LogP) is 5.06. The number of benzene rings is 1. The molecule has 7 heteroatoms. The minimum Gasteiger partial charge on any atom is -0.489 e. The summed E-state index contributed by atoms with van der Waals surface area (Å²) in [6.45, 7) is 3.99. The van der Waals surface area contributed by atoms with Crippen molar-refractivity contribution in [1.29, 1.82) is 0 Å². The molecule has 136 valence electrons. The van der Waals surface area contributed by atoms with Crippen molar-refractivity contribution in [1.82, 2.24) is 4.98 Å². The molecule has 1 aromatic carbocycles. The highest BCUT2D eigenvalue weighted by Gasteiger charge is 2.19. The van der Waals surface area contributed by atoms with Crippen LogP contribution in [0, 0.1) is 13.8 Å². The Hall–Kier alpha value is -2.54. The van der Waals surface area contributed by atoms with Gasteiger partial charge in [0.2, 0.25) is 0 Å². The lowest BCUT2D eigenvalue weighted by Gasteiger charge is -2.12. The molecule has 3 rings (SSSR count). The van der Waals surface area contributed by atoms with Gasteiger partial charge in [0.05, 0.1) is 6.42 Å². The first-order chi connectivity index (χ1) is 12.3. The number of nitrogens with zero attached hydrogens (tertiary/aromatic N) is 1. The highest BCUT2D eigenvalue weighted by molar-refractivity contribution is 7.17. The van der Waals surface area contributed by atoms with E-state index >= 15 is 0 Å². The van der Waals surface area contributed by atoms with Crippen LogP contribution in [0.1, 0.15) is 34.5 Å². The molecule has 0 amide bonds. The first-order valence-electron chi connectivity index (χ1n) is 7.95. The number of hydrogen-bond donors (Lipinski definition) is 1. The van der Waals surface area contributed by atoms with Crippen LogP contribution in [-0.4, -0.2) is 16.1 Å². The van der Waals surface area contributed by atoms with E-state index in [0.29, 0.717) is 21.4 Å². The first-order valence-corrected chi connectivity index (χ1v) is 8.83. The van der Waals surface area contributed by atoms with Gasteiger partial charge in [0.1, 0.15) is 12.4 Å². The lowest BCUT2D eigenvalue weighted by Crippen LogP contribution is -2.02. The van der Waals surface area contributed by atoms with Crippen molar-refractivity contribution >= 4 is 27.4 Å². The van der Waals surface area contributed by atoms with Crippen molar-refractivity contribution in [3.63, 3.8) is 0 Å². The summed E-state index contributed by atoms with van der Waals surface area (Å²) in [7, 11) is 0. The van der Waals surface area contributed by atoms with Crippen LogP contribution < -0.4 is 4.74 Å². The smallest absolute Gasteiger partial charge is 0.307 e. The summed E-state index contributed by atoms with van der Waals surface area (Å²) in [4.78, 5) is 15.3. The number of ether oxygens (including phenoxy) is 1. The minimum atomic E-state index is -2.72. The number of rotatable bonds is 6. The van der Waals surface area contributed by atoms with Gasteiger partial charge in [0.15, 0.2) is 0 Å². The second kappa shape index (κ2) is 7.37. The Morgan fingerprint density at radius 3 is 2.69 bits per heavy atom. The standard InChI is InChI=1S/C19H17F2NO3S/c1-10-3-4-12(11(2)22-10)8-25-14-6-15(19(20)21)18-13(5-17(23)24)9-26-16(18)7-14/h3-4,6-7,9,19H,5,8H2,1-2H3,(H,23,24). The van der Waals surface area contributed by atoms with E-state index < -0.39 is 12.4 Å². The normalized spacial score (nSPS) is 11.3. The van der Waals surface area contributed by atoms with E-state index in [4.69, 9.17) is 9.84 Å². The van der Waals surface area contributed by atoms with Gasteiger partial charge in [-0.15, -0.1) is 11.3 Å². The molecule has 0 atom stereocenters. The summed E-state index contributed by atoms with van der Waals surface area (Å²) < 4.78 is 33.4. The lowest BCUT2D eigenvalue weighted by molar-refractivity contribution is -0.136. The number of aryl methyl sites for hydroxylation is 2. The number of aromatic nitrogens is 1. The summed E-state index contributed by atoms with van der Waals surface area (Å²) in [5.74, 6) is -0.718. The maximum absolute atomic E-state index is 13.5. The van der Waals surface area contributed by atoms with E-state index in [2.05, 4.69) is 4.98 Å². The number of carbonyl (C=O) groups is 1. The van der Waals surface area contributed by atoms with Gasteiger partial charge < -0.3 is 9.84 Å². The number of pyridine rings is 1. The SMILES string of the molecule is Cc1ccc(COc2cc(C(F)F)c3c(CC(=O)O)csc3c2)c(C)n1. The van der Waals surface area contributed by atoms with Crippen LogP contribution in [0.2, 0.25) is 0 Å². The molecule has 2 heterocycles. The monoisotopic (exact) mass is 377 g/mol. The molecule has 3 aromatic rings. The molecule has 0 aliphatic rings. The van der Waals surface area contributed by atoms with Gasteiger partial charge in [0.25, 0.3) is 6.43 Å². The molecule has 0 aliphatic carbocycles. The van der Waals surface area contributed by atoms with E-state index in [1.807, 2.05) is 26.0 Å². The van der Waals surface area contributed by atoms with Crippen LogP contribution in [0.5, 0.6) is 5.75 Å². The third-order valence-electron chi connectivity index (χ3n) is 4.06. The molecular weight excluding hydrogens is 360 g/mol. The van der Waals surface area contributed by atoms with Crippen LogP contribution >= 0.6 is 11.3 Å². The number of halogens is 2. The van der Waals surface area contributed by atoms with Gasteiger partial charge in [-0.1, -0.05) is 6.07 Å². The Balaban J connectivity index is 1.93. The molecule has 2 aromatic heterocycles. The molecule has 0 saturated heterocycles. The van der Waals surface area contributed by atoms with Crippen LogP contribution in [0.15, 0.2) is 29.6 Å². The van der Waals surface area contributed by atoms with E-state index in [9.17, 15) is 13.6 Å². The van der Waals surface area contributed by atoms with Crippen LogP contribution in [0.4, 0.5) is 8.78 Å². The van der Waals surface area contributed by atoms with E-state index in [1.165, 1.54) is 17.4 Å². The van der Waals surface area contributed by atoms with Crippen LogP contribution in [0.25, 0.3) is 10.1 Å². The molecule has 0 radical (unpaired) electrons. The highest BCUT2D eigenvalue weighted by atomic mass is 32.1. The third-order valence-corrected chi connectivity index (χ3v) is 5.04. The number of carboxylic acid groups (broad SMARTS) is 1. The molecule has 0 saturated carbocycles. The Morgan fingerprint density at radius 1 is 1.27 bits per heavy atom. The van der Waals surface area contributed by atoms with Gasteiger partial charge in [-0.3, -0.25) is 9.78 Å². The van der Waals surface area contributed by atoms with E-state index in [1.54, 1.807) is 11.4 Å². The zero-order valence-corrected chi connectivity index (χ0v) is 15.1. The van der Waals surface area contributed by atoms with Gasteiger partial charge in [0, 0.05) is 32.6 Å². The minimum absolute atomic E-state index is 0.200. The molecule has 1 N–H and O–H groups in total. The summed E-state index contributed by atoms with van der Waals surface area (Å²) in [6, 6.07) is 6.74. The largest absolute Gasteiger partial charge is 0.489 e. The second-order valence-electron chi connectivity index (χ2n) is 6.00. The predicted molar refractivity (Wildman–Crippen MR) is 96.2 cm³/mol. The highest BCUT2D eigenvalue weighted by Crippen LogP contribution is 2.38. The fourth-order valence-corrected chi connectivity index (χ4v) is 3.84. The fraction of sp³-hybridized carbons (Fsp3) is 0.263. The average molecular weight is 377 g/mol. The number of fused-ring (bicyclic) bond motifs is 1. The molecule has 0 aliphatic heterocycles. The number of alkyl halides is 2. The van der Waals surface area contributed by atoms with Crippen LogP contribution in [-0.2, 0) is 17.8 Å². The van der Waals surface area contributed by atoms with E-state index in [0.717, 1.165) is 17.0 Å².